The smallest absolute Gasteiger partial charge is 0.253 e. The average Bonchev–Trinajstić information content (AvgIpc) is 2.87. The summed E-state index contributed by atoms with van der Waals surface area (Å²) < 4.78 is 0. The molecule has 0 saturated carbocycles. The maximum Gasteiger partial charge on any atom is 0.253 e. The minimum Gasteiger partial charge on any atom is -0.376 e. The van der Waals surface area contributed by atoms with Crippen LogP contribution in [-0.4, -0.2) is 44.0 Å². The SMILES string of the molecule is CC1CCN(c2c(NCc3ccc(C(=O)NCCN(C)Cc4ccccc4)cc3)c(=O)c2=O)CC1. The van der Waals surface area contributed by atoms with E-state index in [1.54, 1.807) is 12.1 Å². The molecule has 1 amide bonds. The highest BCUT2D eigenvalue weighted by Gasteiger charge is 2.28. The highest BCUT2D eigenvalue weighted by atomic mass is 16.2. The maximum absolute atomic E-state index is 12.5. The number of carbonyl (C=O) groups excluding carboxylic acids is 1. The Kier molecular flexibility index (Phi) is 7.98. The van der Waals surface area contributed by atoms with Gasteiger partial charge in [-0.05, 0) is 49.1 Å². The molecule has 7 heteroatoms. The zero-order valence-electron chi connectivity index (χ0n) is 20.5. The van der Waals surface area contributed by atoms with Crippen molar-refractivity contribution in [3.8, 4) is 0 Å². The number of benzene rings is 2. The fourth-order valence-electron chi connectivity index (χ4n) is 4.48. The molecular formula is C28H34N4O3. The van der Waals surface area contributed by atoms with Crippen molar-refractivity contribution in [3.63, 3.8) is 0 Å². The molecule has 0 aliphatic carbocycles. The van der Waals surface area contributed by atoms with E-state index in [1.807, 2.05) is 42.3 Å². The summed E-state index contributed by atoms with van der Waals surface area (Å²) in [6, 6.07) is 17.6. The lowest BCUT2D eigenvalue weighted by Crippen LogP contribution is -2.45. The van der Waals surface area contributed by atoms with E-state index < -0.39 is 5.43 Å². The number of nitrogens with one attached hydrogen (secondary N) is 2. The first kappa shape index (κ1) is 24.7. The standard InChI is InChI=1S/C28H34N4O3/c1-20-12-15-32(16-13-20)25-24(26(33)27(25)34)30-18-21-8-10-23(11-9-21)28(35)29-14-17-31(2)19-22-6-4-3-5-7-22/h3-11,20,30H,12-19H2,1-2H3,(H,29,35). The summed E-state index contributed by atoms with van der Waals surface area (Å²) in [5.74, 6) is 0.543. The van der Waals surface area contributed by atoms with Gasteiger partial charge >= 0.3 is 0 Å². The molecule has 3 aromatic carbocycles. The van der Waals surface area contributed by atoms with Gasteiger partial charge in [-0.1, -0.05) is 49.4 Å². The molecule has 1 aliphatic rings. The Morgan fingerprint density at radius 2 is 1.66 bits per heavy atom. The van der Waals surface area contributed by atoms with E-state index in [9.17, 15) is 14.4 Å². The number of likely N-dealkylation sites (N-methyl/N-ethyl adjacent to an activating group) is 1. The number of amides is 1. The lowest BCUT2D eigenvalue weighted by molar-refractivity contribution is 0.0949. The van der Waals surface area contributed by atoms with Crippen molar-refractivity contribution in [1.29, 1.82) is 0 Å². The van der Waals surface area contributed by atoms with E-state index in [0.717, 1.165) is 44.6 Å². The number of anilines is 2. The van der Waals surface area contributed by atoms with Gasteiger partial charge in [-0.2, -0.15) is 0 Å². The van der Waals surface area contributed by atoms with Crippen LogP contribution in [-0.2, 0) is 13.1 Å². The second-order valence-electron chi connectivity index (χ2n) is 9.58. The average molecular weight is 475 g/mol. The summed E-state index contributed by atoms with van der Waals surface area (Å²) in [6.07, 6.45) is 2.07. The highest BCUT2D eigenvalue weighted by molar-refractivity contribution is 5.94. The van der Waals surface area contributed by atoms with Crippen molar-refractivity contribution in [2.45, 2.75) is 32.9 Å². The van der Waals surface area contributed by atoms with E-state index in [1.165, 1.54) is 5.56 Å². The first-order valence-corrected chi connectivity index (χ1v) is 12.3. The summed E-state index contributed by atoms with van der Waals surface area (Å²) in [6.45, 7) is 6.42. The van der Waals surface area contributed by atoms with Crippen LogP contribution in [0.25, 0.3) is 0 Å². The Hall–Kier alpha value is -3.45. The van der Waals surface area contributed by atoms with Crippen LogP contribution in [0.2, 0.25) is 0 Å². The van der Waals surface area contributed by atoms with Crippen molar-refractivity contribution >= 4 is 17.3 Å². The topological polar surface area (TPSA) is 81.8 Å². The Morgan fingerprint density at radius 1 is 0.971 bits per heavy atom. The zero-order valence-corrected chi connectivity index (χ0v) is 20.5. The predicted octanol–water partition coefficient (Wildman–Crippen LogP) is 2.99. The van der Waals surface area contributed by atoms with E-state index >= 15 is 0 Å². The molecule has 0 unspecified atom stereocenters. The van der Waals surface area contributed by atoms with Gasteiger partial charge in [0.05, 0.1) is 0 Å². The predicted molar refractivity (Wildman–Crippen MR) is 141 cm³/mol. The van der Waals surface area contributed by atoms with Gasteiger partial charge in [0.15, 0.2) is 0 Å². The molecule has 35 heavy (non-hydrogen) atoms. The first-order chi connectivity index (χ1) is 16.9. The molecular weight excluding hydrogens is 440 g/mol. The van der Waals surface area contributed by atoms with Crippen LogP contribution in [0.5, 0.6) is 0 Å². The highest BCUT2D eigenvalue weighted by Crippen LogP contribution is 2.26. The number of hydrogen-bond donors (Lipinski definition) is 2. The third kappa shape index (κ3) is 6.17. The molecule has 7 nitrogen and oxygen atoms in total. The Bertz CT molecular complexity index is 1190. The van der Waals surface area contributed by atoms with Crippen LogP contribution in [0.1, 0.15) is 41.3 Å². The first-order valence-electron chi connectivity index (χ1n) is 12.3. The Morgan fingerprint density at radius 3 is 2.34 bits per heavy atom. The fourth-order valence-corrected chi connectivity index (χ4v) is 4.48. The number of carbonyl (C=O) groups is 1. The number of piperidine rings is 1. The summed E-state index contributed by atoms with van der Waals surface area (Å²) >= 11 is 0. The lowest BCUT2D eigenvalue weighted by Gasteiger charge is -2.33. The van der Waals surface area contributed by atoms with E-state index in [0.29, 0.717) is 35.9 Å². The molecule has 1 fully saturated rings. The number of hydrogen-bond acceptors (Lipinski definition) is 6. The van der Waals surface area contributed by atoms with E-state index in [4.69, 9.17) is 0 Å². The van der Waals surface area contributed by atoms with Crippen molar-refractivity contribution in [1.82, 2.24) is 10.2 Å². The summed E-state index contributed by atoms with van der Waals surface area (Å²) in [5.41, 5.74) is 2.91. The fraction of sp³-hybridized carbons (Fsp3) is 0.393. The molecule has 184 valence electrons. The largest absolute Gasteiger partial charge is 0.376 e. The van der Waals surface area contributed by atoms with Gasteiger partial charge in [0, 0.05) is 44.8 Å². The molecule has 0 spiro atoms. The molecule has 0 radical (unpaired) electrons. The number of nitrogens with zero attached hydrogens (tertiary/aromatic N) is 2. The van der Waals surface area contributed by atoms with Gasteiger partial charge in [-0.25, -0.2) is 0 Å². The minimum absolute atomic E-state index is 0.110. The molecule has 1 heterocycles. The quantitative estimate of drug-likeness (QED) is 0.440. The Balaban J connectivity index is 1.24. The molecule has 4 rings (SSSR count). The monoisotopic (exact) mass is 474 g/mol. The molecule has 0 atom stereocenters. The van der Waals surface area contributed by atoms with Crippen LogP contribution in [0, 0.1) is 5.92 Å². The van der Waals surface area contributed by atoms with Gasteiger partial charge in [0.2, 0.25) is 0 Å². The zero-order chi connectivity index (χ0) is 24.8. The Labute approximate surface area is 206 Å². The molecule has 3 aromatic rings. The maximum atomic E-state index is 12.5. The van der Waals surface area contributed by atoms with Gasteiger partial charge < -0.3 is 20.4 Å². The molecule has 1 saturated heterocycles. The lowest BCUT2D eigenvalue weighted by atomic mass is 9.98. The third-order valence-electron chi connectivity index (χ3n) is 6.74. The van der Waals surface area contributed by atoms with Crippen LogP contribution in [0.4, 0.5) is 11.4 Å². The summed E-state index contributed by atoms with van der Waals surface area (Å²) in [7, 11) is 2.04. The van der Waals surface area contributed by atoms with Crippen LogP contribution in [0.15, 0.2) is 64.2 Å². The van der Waals surface area contributed by atoms with Crippen molar-refractivity contribution < 1.29 is 4.79 Å². The molecule has 2 N–H and O–H groups in total. The van der Waals surface area contributed by atoms with Crippen LogP contribution < -0.4 is 26.4 Å². The van der Waals surface area contributed by atoms with Gasteiger partial charge in [-0.3, -0.25) is 14.4 Å². The van der Waals surface area contributed by atoms with Gasteiger partial charge in [0.1, 0.15) is 11.4 Å². The molecule has 0 bridgehead atoms. The second-order valence-corrected chi connectivity index (χ2v) is 9.58. The van der Waals surface area contributed by atoms with Crippen molar-refractivity contribution in [2.75, 3.05) is 43.4 Å². The summed E-state index contributed by atoms with van der Waals surface area (Å²) in [4.78, 5) is 41.0. The van der Waals surface area contributed by atoms with E-state index in [-0.39, 0.29) is 11.3 Å². The van der Waals surface area contributed by atoms with Gasteiger partial charge in [0.25, 0.3) is 16.8 Å². The molecule has 1 aliphatic heterocycles. The number of rotatable bonds is 10. The third-order valence-corrected chi connectivity index (χ3v) is 6.74. The van der Waals surface area contributed by atoms with Crippen LogP contribution >= 0.6 is 0 Å². The van der Waals surface area contributed by atoms with E-state index in [2.05, 4.69) is 34.6 Å². The van der Waals surface area contributed by atoms with Crippen LogP contribution in [0.3, 0.4) is 0 Å². The summed E-state index contributed by atoms with van der Waals surface area (Å²) in [5, 5.41) is 6.12. The second kappa shape index (κ2) is 11.3. The minimum atomic E-state index is -0.438. The van der Waals surface area contributed by atoms with Gasteiger partial charge in [-0.15, -0.1) is 0 Å². The normalized spacial score (nSPS) is 14.4. The van der Waals surface area contributed by atoms with Crippen molar-refractivity contribution in [3.05, 3.63) is 91.7 Å². The van der Waals surface area contributed by atoms with Crippen molar-refractivity contribution in [2.24, 2.45) is 5.92 Å². The molecule has 0 aromatic heterocycles.